The Hall–Kier alpha value is -1.40. The minimum atomic E-state index is -0.830. The van der Waals surface area contributed by atoms with Crippen LogP contribution in [0.3, 0.4) is 0 Å². The molecular weight excluding hydrogens is 256 g/mol. The van der Waals surface area contributed by atoms with E-state index in [2.05, 4.69) is 20.6 Å². The second-order valence-electron chi connectivity index (χ2n) is 5.34. The van der Waals surface area contributed by atoms with Crippen molar-refractivity contribution in [3.63, 3.8) is 0 Å². The van der Waals surface area contributed by atoms with Gasteiger partial charge in [0.2, 0.25) is 0 Å². The molecule has 2 atom stereocenters. The molecule has 6 nitrogen and oxygen atoms in total. The molecule has 3 N–H and O–H groups in total. The summed E-state index contributed by atoms with van der Waals surface area (Å²) in [5, 5.41) is 17.0. The lowest BCUT2D eigenvalue weighted by molar-refractivity contribution is -0.0176. The van der Waals surface area contributed by atoms with Gasteiger partial charge in [0.05, 0.1) is 6.10 Å². The van der Waals surface area contributed by atoms with Crippen LogP contribution in [-0.4, -0.2) is 46.5 Å². The summed E-state index contributed by atoms with van der Waals surface area (Å²) in [7, 11) is 0. The minimum absolute atomic E-state index is 0.161. The summed E-state index contributed by atoms with van der Waals surface area (Å²) in [6.45, 7) is 9.60. The van der Waals surface area contributed by atoms with Crippen molar-refractivity contribution in [2.75, 3.05) is 30.3 Å². The summed E-state index contributed by atoms with van der Waals surface area (Å²) in [4.78, 5) is 8.80. The second-order valence-corrected chi connectivity index (χ2v) is 5.34. The van der Waals surface area contributed by atoms with E-state index in [-0.39, 0.29) is 6.10 Å². The minimum Gasteiger partial charge on any atom is -0.385 e. The molecule has 1 aromatic heterocycles. The normalized spacial score (nSPS) is 25.8. The third-order valence-corrected chi connectivity index (χ3v) is 3.82. The maximum Gasteiger partial charge on any atom is 0.134 e. The maximum absolute atomic E-state index is 10.5. The second kappa shape index (κ2) is 5.93. The first kappa shape index (κ1) is 15.0. The van der Waals surface area contributed by atoms with Crippen LogP contribution in [0.4, 0.5) is 11.6 Å². The zero-order chi connectivity index (χ0) is 14.8. The smallest absolute Gasteiger partial charge is 0.134 e. The number of hydrogen-bond donors (Lipinski definition) is 3. The number of aromatic nitrogens is 2. The molecule has 0 radical (unpaired) electrons. The van der Waals surface area contributed by atoms with Crippen LogP contribution in [0.15, 0.2) is 0 Å². The summed E-state index contributed by atoms with van der Waals surface area (Å²) in [5.41, 5.74) is 0.136. The van der Waals surface area contributed by atoms with Gasteiger partial charge < -0.3 is 20.5 Å². The first-order valence-corrected chi connectivity index (χ1v) is 7.13. The van der Waals surface area contributed by atoms with Crippen LogP contribution >= 0.6 is 0 Å². The van der Waals surface area contributed by atoms with E-state index in [1.165, 1.54) is 0 Å². The highest BCUT2D eigenvalue weighted by atomic mass is 16.5. The van der Waals surface area contributed by atoms with Crippen LogP contribution in [0.2, 0.25) is 0 Å². The Labute approximate surface area is 120 Å². The van der Waals surface area contributed by atoms with E-state index in [1.54, 1.807) is 0 Å². The number of nitrogens with one attached hydrogen (secondary N) is 2. The molecule has 0 bridgehead atoms. The molecule has 0 saturated carbocycles. The van der Waals surface area contributed by atoms with Gasteiger partial charge in [-0.3, -0.25) is 0 Å². The van der Waals surface area contributed by atoms with Crippen molar-refractivity contribution in [2.24, 2.45) is 0 Å². The summed E-state index contributed by atoms with van der Waals surface area (Å²) in [6, 6.07) is 0. The lowest BCUT2D eigenvalue weighted by atomic mass is 9.97. The zero-order valence-electron chi connectivity index (χ0n) is 12.7. The summed E-state index contributed by atoms with van der Waals surface area (Å²) >= 11 is 0. The van der Waals surface area contributed by atoms with Crippen molar-refractivity contribution in [3.8, 4) is 0 Å². The molecule has 0 amide bonds. The number of anilines is 2. The maximum atomic E-state index is 10.5. The molecule has 0 aliphatic carbocycles. The van der Waals surface area contributed by atoms with E-state index in [1.807, 2.05) is 27.7 Å². The summed E-state index contributed by atoms with van der Waals surface area (Å²) < 4.78 is 5.44. The van der Waals surface area contributed by atoms with Crippen molar-refractivity contribution < 1.29 is 9.84 Å². The molecule has 20 heavy (non-hydrogen) atoms. The number of nitrogens with zero attached hydrogens (tertiary/aromatic N) is 2. The van der Waals surface area contributed by atoms with Crippen LogP contribution in [0, 0.1) is 13.8 Å². The standard InChI is InChI=1S/C14H24N4O2/c1-5-15-12-9(2)13(18-11(4)17-12)16-8-14(19)6-7-20-10(14)3/h10,19H,5-8H2,1-4H3,(H2,15,16,17,18). The average Bonchev–Trinajstić information content (AvgIpc) is 2.73. The number of aliphatic hydroxyl groups is 1. The summed E-state index contributed by atoms with van der Waals surface area (Å²) in [6.07, 6.45) is 0.483. The molecule has 2 rings (SSSR count). The highest BCUT2D eigenvalue weighted by molar-refractivity contribution is 5.57. The van der Waals surface area contributed by atoms with E-state index in [0.29, 0.717) is 25.4 Å². The molecule has 1 fully saturated rings. The van der Waals surface area contributed by atoms with E-state index < -0.39 is 5.60 Å². The van der Waals surface area contributed by atoms with Crippen LogP contribution in [0.1, 0.15) is 31.7 Å². The topological polar surface area (TPSA) is 79.3 Å². The molecule has 1 aliphatic rings. The fraction of sp³-hybridized carbons (Fsp3) is 0.714. The molecular formula is C14H24N4O2. The van der Waals surface area contributed by atoms with Gasteiger partial charge in [0.25, 0.3) is 0 Å². The largest absolute Gasteiger partial charge is 0.385 e. The molecule has 1 aromatic rings. The Bertz CT molecular complexity index is 480. The van der Waals surface area contributed by atoms with Crippen molar-refractivity contribution in [2.45, 2.75) is 45.8 Å². The van der Waals surface area contributed by atoms with Gasteiger partial charge in [-0.05, 0) is 27.7 Å². The number of aryl methyl sites for hydroxylation is 1. The number of rotatable bonds is 5. The van der Waals surface area contributed by atoms with E-state index in [4.69, 9.17) is 4.74 Å². The number of ether oxygens (including phenoxy) is 1. The molecule has 0 aromatic carbocycles. The van der Waals surface area contributed by atoms with Gasteiger partial charge in [0.1, 0.15) is 23.1 Å². The van der Waals surface area contributed by atoms with Crippen molar-refractivity contribution in [1.82, 2.24) is 9.97 Å². The third-order valence-electron chi connectivity index (χ3n) is 3.82. The first-order valence-electron chi connectivity index (χ1n) is 7.13. The molecule has 112 valence electrons. The van der Waals surface area contributed by atoms with Gasteiger partial charge in [-0.1, -0.05) is 0 Å². The highest BCUT2D eigenvalue weighted by Crippen LogP contribution is 2.27. The van der Waals surface area contributed by atoms with Crippen molar-refractivity contribution in [1.29, 1.82) is 0 Å². The Morgan fingerprint density at radius 2 is 1.95 bits per heavy atom. The number of hydrogen-bond acceptors (Lipinski definition) is 6. The fourth-order valence-electron chi connectivity index (χ4n) is 2.38. The average molecular weight is 280 g/mol. The van der Waals surface area contributed by atoms with Gasteiger partial charge in [0, 0.05) is 31.7 Å². The highest BCUT2D eigenvalue weighted by Gasteiger charge is 2.39. The lowest BCUT2D eigenvalue weighted by Crippen LogP contribution is -2.43. The Morgan fingerprint density at radius 3 is 2.50 bits per heavy atom. The SMILES string of the molecule is CCNc1nc(C)nc(NCC2(O)CCOC2C)c1C. The van der Waals surface area contributed by atoms with Gasteiger partial charge >= 0.3 is 0 Å². The fourth-order valence-corrected chi connectivity index (χ4v) is 2.38. The molecule has 1 aliphatic heterocycles. The first-order chi connectivity index (χ1) is 9.46. The van der Waals surface area contributed by atoms with Crippen LogP contribution in [-0.2, 0) is 4.74 Å². The predicted octanol–water partition coefficient (Wildman–Crippen LogP) is 1.48. The lowest BCUT2D eigenvalue weighted by Gasteiger charge is -2.27. The van der Waals surface area contributed by atoms with E-state index in [9.17, 15) is 5.11 Å². The van der Waals surface area contributed by atoms with Gasteiger partial charge in [-0.2, -0.15) is 0 Å². The third kappa shape index (κ3) is 3.02. The van der Waals surface area contributed by atoms with Gasteiger partial charge in [-0.15, -0.1) is 0 Å². The monoisotopic (exact) mass is 280 g/mol. The van der Waals surface area contributed by atoms with Crippen LogP contribution in [0.5, 0.6) is 0 Å². The molecule has 6 heteroatoms. The van der Waals surface area contributed by atoms with Gasteiger partial charge in [-0.25, -0.2) is 9.97 Å². The summed E-state index contributed by atoms with van der Waals surface area (Å²) in [5.74, 6) is 2.31. The zero-order valence-corrected chi connectivity index (χ0v) is 12.7. The van der Waals surface area contributed by atoms with Crippen LogP contribution in [0.25, 0.3) is 0 Å². The van der Waals surface area contributed by atoms with Gasteiger partial charge in [0.15, 0.2) is 0 Å². The molecule has 2 unspecified atom stereocenters. The Balaban J connectivity index is 2.13. The molecule has 0 spiro atoms. The Morgan fingerprint density at radius 1 is 1.30 bits per heavy atom. The van der Waals surface area contributed by atoms with E-state index >= 15 is 0 Å². The molecule has 2 heterocycles. The van der Waals surface area contributed by atoms with Crippen LogP contribution < -0.4 is 10.6 Å². The Kier molecular flexibility index (Phi) is 4.45. The van der Waals surface area contributed by atoms with Crippen molar-refractivity contribution >= 4 is 11.6 Å². The quantitative estimate of drug-likeness (QED) is 0.758. The molecule has 1 saturated heterocycles. The van der Waals surface area contributed by atoms with E-state index in [0.717, 1.165) is 23.7 Å². The predicted molar refractivity (Wildman–Crippen MR) is 79.1 cm³/mol. The van der Waals surface area contributed by atoms with Crippen molar-refractivity contribution in [3.05, 3.63) is 11.4 Å².